The number of pyridine rings is 1. The van der Waals surface area contributed by atoms with E-state index in [9.17, 15) is 4.79 Å². The first-order valence-electron chi connectivity index (χ1n) is 5.66. The predicted molar refractivity (Wildman–Crippen MR) is 62.7 cm³/mol. The fourth-order valence-electron chi connectivity index (χ4n) is 2.06. The van der Waals surface area contributed by atoms with E-state index in [2.05, 4.69) is 24.0 Å². The molecule has 2 aromatic rings. The minimum Gasteiger partial charge on any atom is -0.337 e. The number of aryl methyl sites for hydroxylation is 1. The summed E-state index contributed by atoms with van der Waals surface area (Å²) in [6.07, 6.45) is 1.93. The van der Waals surface area contributed by atoms with E-state index in [1.807, 2.05) is 6.92 Å². The fourth-order valence-corrected chi connectivity index (χ4v) is 2.06. The fraction of sp³-hybridized carbons (Fsp3) is 0.500. The van der Waals surface area contributed by atoms with Crippen molar-refractivity contribution in [1.29, 1.82) is 0 Å². The Bertz CT molecular complexity index is 550. The average Bonchev–Trinajstić information content (AvgIpc) is 2.64. The maximum Gasteiger partial charge on any atom is 0.240 e. The third-order valence-corrected chi connectivity index (χ3v) is 3.00. The third-order valence-electron chi connectivity index (χ3n) is 3.00. The van der Waals surface area contributed by atoms with Gasteiger partial charge in [0.2, 0.25) is 5.71 Å². The van der Waals surface area contributed by atoms with Gasteiger partial charge >= 0.3 is 0 Å². The molecule has 4 nitrogen and oxygen atoms in total. The Morgan fingerprint density at radius 3 is 2.75 bits per heavy atom. The van der Waals surface area contributed by atoms with Crippen molar-refractivity contribution in [3.05, 3.63) is 27.7 Å². The van der Waals surface area contributed by atoms with Crippen LogP contribution in [0.1, 0.15) is 44.0 Å². The molecule has 2 heterocycles. The zero-order chi connectivity index (χ0) is 11.7. The van der Waals surface area contributed by atoms with Gasteiger partial charge in [-0.15, -0.1) is 0 Å². The Kier molecular flexibility index (Phi) is 2.81. The molecule has 0 aliphatic carbocycles. The zero-order valence-electron chi connectivity index (χ0n) is 9.83. The van der Waals surface area contributed by atoms with Gasteiger partial charge in [-0.1, -0.05) is 19.0 Å². The van der Waals surface area contributed by atoms with Crippen molar-refractivity contribution in [3.63, 3.8) is 0 Å². The van der Waals surface area contributed by atoms with Gasteiger partial charge in [0.05, 0.1) is 0 Å². The van der Waals surface area contributed by atoms with E-state index in [1.54, 1.807) is 6.07 Å². The third kappa shape index (κ3) is 1.64. The first-order valence-corrected chi connectivity index (χ1v) is 5.66. The highest BCUT2D eigenvalue weighted by Crippen LogP contribution is 2.26. The van der Waals surface area contributed by atoms with E-state index in [4.69, 9.17) is 4.52 Å². The normalized spacial score (nSPS) is 11.5. The molecule has 1 N–H and O–H groups in total. The highest BCUT2D eigenvalue weighted by Gasteiger charge is 2.18. The number of aromatic nitrogens is 2. The molecule has 0 spiro atoms. The molecule has 0 bridgehead atoms. The summed E-state index contributed by atoms with van der Waals surface area (Å²) in [4.78, 5) is 14.9. The lowest BCUT2D eigenvalue weighted by Crippen LogP contribution is -2.06. The summed E-state index contributed by atoms with van der Waals surface area (Å²) in [6.45, 7) is 6.02. The molecule has 0 amide bonds. The number of nitrogens with zero attached hydrogens (tertiary/aromatic N) is 1. The van der Waals surface area contributed by atoms with Gasteiger partial charge in [0.25, 0.3) is 0 Å². The first kappa shape index (κ1) is 10.9. The number of nitrogens with one attached hydrogen (secondary N) is 1. The van der Waals surface area contributed by atoms with Crippen LogP contribution in [0.25, 0.3) is 11.1 Å². The topological polar surface area (TPSA) is 58.9 Å². The van der Waals surface area contributed by atoms with Crippen molar-refractivity contribution < 1.29 is 4.52 Å². The number of rotatable bonds is 3. The molecule has 4 heteroatoms. The summed E-state index contributed by atoms with van der Waals surface area (Å²) in [5, 5.41) is 4.64. The lowest BCUT2D eigenvalue weighted by molar-refractivity contribution is 0.426. The Balaban J connectivity index is 2.69. The van der Waals surface area contributed by atoms with E-state index < -0.39 is 0 Å². The zero-order valence-corrected chi connectivity index (χ0v) is 9.83. The van der Waals surface area contributed by atoms with Crippen LogP contribution < -0.4 is 5.43 Å². The number of hydrogen-bond donors (Lipinski definition) is 1. The number of H-pyrrole nitrogens is 1. The summed E-state index contributed by atoms with van der Waals surface area (Å²) >= 11 is 0. The molecule has 0 saturated heterocycles. The van der Waals surface area contributed by atoms with Gasteiger partial charge in [-0.2, -0.15) is 0 Å². The molecule has 0 atom stereocenters. The van der Waals surface area contributed by atoms with Crippen LogP contribution in [0.5, 0.6) is 0 Å². The Labute approximate surface area is 93.6 Å². The van der Waals surface area contributed by atoms with Crippen molar-refractivity contribution in [1.82, 2.24) is 10.1 Å². The van der Waals surface area contributed by atoms with Gasteiger partial charge in [0.1, 0.15) is 11.1 Å². The minimum absolute atomic E-state index is 0.00519. The average molecular weight is 220 g/mol. The summed E-state index contributed by atoms with van der Waals surface area (Å²) < 4.78 is 5.19. The molecular formula is C12H16N2O2. The Hall–Kier alpha value is -1.58. The molecule has 0 aliphatic rings. The van der Waals surface area contributed by atoms with Crippen LogP contribution in [0.15, 0.2) is 15.4 Å². The van der Waals surface area contributed by atoms with Crippen molar-refractivity contribution in [2.75, 3.05) is 0 Å². The second kappa shape index (κ2) is 4.12. The van der Waals surface area contributed by atoms with Crippen LogP contribution in [-0.4, -0.2) is 10.1 Å². The number of fused-ring (bicyclic) bond motifs is 1. The molecular weight excluding hydrogens is 204 g/mol. The summed E-state index contributed by atoms with van der Waals surface area (Å²) in [6, 6.07) is 1.59. The monoisotopic (exact) mass is 220 g/mol. The van der Waals surface area contributed by atoms with Crippen LogP contribution in [0.4, 0.5) is 0 Å². The number of hydrogen-bond acceptors (Lipinski definition) is 3. The molecule has 0 saturated carbocycles. The van der Waals surface area contributed by atoms with E-state index in [-0.39, 0.29) is 5.43 Å². The largest absolute Gasteiger partial charge is 0.337 e. The molecule has 0 aromatic carbocycles. The summed E-state index contributed by atoms with van der Waals surface area (Å²) in [5.74, 6) is 0.296. The van der Waals surface area contributed by atoms with Crippen molar-refractivity contribution in [3.8, 4) is 0 Å². The molecule has 0 unspecified atom stereocenters. The Morgan fingerprint density at radius 1 is 1.44 bits per heavy atom. The maximum atomic E-state index is 11.9. The van der Waals surface area contributed by atoms with Crippen molar-refractivity contribution in [2.45, 2.75) is 39.5 Å². The van der Waals surface area contributed by atoms with Gasteiger partial charge in [-0.05, 0) is 19.8 Å². The molecule has 86 valence electrons. The maximum absolute atomic E-state index is 11.9. The molecule has 2 aromatic heterocycles. The van der Waals surface area contributed by atoms with Crippen LogP contribution in [-0.2, 0) is 0 Å². The molecule has 16 heavy (non-hydrogen) atoms. The van der Waals surface area contributed by atoms with Gasteiger partial charge in [0, 0.05) is 17.7 Å². The SMILES string of the molecule is CCC(CC)c1noc2[nH]c(C)cc(=O)c12. The predicted octanol–water partition coefficient (Wildman–Crippen LogP) is 2.73. The first-order chi connectivity index (χ1) is 7.67. The van der Waals surface area contributed by atoms with Crippen LogP contribution >= 0.6 is 0 Å². The smallest absolute Gasteiger partial charge is 0.240 e. The van der Waals surface area contributed by atoms with E-state index in [0.717, 1.165) is 24.2 Å². The highest BCUT2D eigenvalue weighted by atomic mass is 16.5. The summed E-state index contributed by atoms with van der Waals surface area (Å²) in [5.41, 5.74) is 2.08. The van der Waals surface area contributed by atoms with E-state index >= 15 is 0 Å². The van der Waals surface area contributed by atoms with Gasteiger partial charge < -0.3 is 9.51 Å². The van der Waals surface area contributed by atoms with Crippen molar-refractivity contribution in [2.24, 2.45) is 0 Å². The van der Waals surface area contributed by atoms with E-state index in [1.165, 1.54) is 0 Å². The lowest BCUT2D eigenvalue weighted by atomic mass is 9.97. The van der Waals surface area contributed by atoms with Crippen LogP contribution in [0, 0.1) is 6.92 Å². The molecule has 0 aliphatic heterocycles. The quantitative estimate of drug-likeness (QED) is 0.865. The van der Waals surface area contributed by atoms with Crippen LogP contribution in [0.3, 0.4) is 0 Å². The van der Waals surface area contributed by atoms with Crippen LogP contribution in [0.2, 0.25) is 0 Å². The molecule has 2 rings (SSSR count). The van der Waals surface area contributed by atoms with E-state index in [0.29, 0.717) is 17.0 Å². The second-order valence-electron chi connectivity index (χ2n) is 4.10. The summed E-state index contributed by atoms with van der Waals surface area (Å²) in [7, 11) is 0. The molecule has 0 radical (unpaired) electrons. The van der Waals surface area contributed by atoms with Gasteiger partial charge in [0.15, 0.2) is 5.43 Å². The second-order valence-corrected chi connectivity index (χ2v) is 4.10. The minimum atomic E-state index is -0.00519. The van der Waals surface area contributed by atoms with Gasteiger partial charge in [-0.3, -0.25) is 4.79 Å². The van der Waals surface area contributed by atoms with Crippen molar-refractivity contribution >= 4 is 11.1 Å². The molecule has 0 fully saturated rings. The lowest BCUT2D eigenvalue weighted by Gasteiger charge is -2.07. The van der Waals surface area contributed by atoms with Gasteiger partial charge in [-0.25, -0.2) is 0 Å². The highest BCUT2D eigenvalue weighted by molar-refractivity contribution is 5.76. The number of aromatic amines is 1. The Morgan fingerprint density at radius 2 is 2.12 bits per heavy atom. The standard InChI is InChI=1S/C12H16N2O2/c1-4-8(5-2)11-10-9(15)6-7(3)13-12(10)16-14-11/h6,8H,4-5H2,1-3H3,(H,13,15).